The second kappa shape index (κ2) is 31.4. The maximum absolute atomic E-state index is 10.4. The molecular formula is C24H24N11NdO13. The standard InChI is InChI=1S/4C6H6N2O.3NO3.Nd/c4*7-6(9)5-3-1-2-4-8-5;3*2-1(3)4;/h4*1-4H,(H2,7,9);;;;/q;;;;3*-1;+3. The fraction of sp³-hybridized carbons (Fsp3) is 0. The summed E-state index contributed by atoms with van der Waals surface area (Å²) in [5.74, 6) is -1.96. The van der Waals surface area contributed by atoms with E-state index in [1.807, 2.05) is 0 Å². The van der Waals surface area contributed by atoms with Gasteiger partial charge in [0.15, 0.2) is 0 Å². The van der Waals surface area contributed by atoms with Crippen LogP contribution in [0.5, 0.6) is 0 Å². The van der Waals surface area contributed by atoms with Crippen LogP contribution in [0.1, 0.15) is 42.0 Å². The average Bonchev–Trinajstić information content (AvgIpc) is 3.03. The molecule has 0 saturated carbocycles. The number of pyridine rings is 4. The number of carbonyl (C=O) groups is 4. The Labute approximate surface area is 306 Å². The molecule has 1 radical (unpaired) electrons. The van der Waals surface area contributed by atoms with Gasteiger partial charge in [-0.25, -0.2) is 0 Å². The van der Waals surface area contributed by atoms with Crippen molar-refractivity contribution in [2.75, 3.05) is 0 Å². The van der Waals surface area contributed by atoms with Crippen LogP contribution >= 0.6 is 0 Å². The Hall–Kier alpha value is -6.57. The predicted octanol–water partition coefficient (Wildman–Crippen LogP) is 0.00470. The van der Waals surface area contributed by atoms with Crippen molar-refractivity contribution in [3.8, 4) is 0 Å². The Bertz CT molecular complexity index is 1310. The van der Waals surface area contributed by atoms with Gasteiger partial charge in [0, 0.05) is 24.8 Å². The van der Waals surface area contributed by atoms with Gasteiger partial charge in [-0.2, -0.15) is 0 Å². The van der Waals surface area contributed by atoms with Gasteiger partial charge in [-0.05, 0) is 48.5 Å². The number of primary amides is 4. The molecule has 25 heteroatoms. The van der Waals surface area contributed by atoms with Gasteiger partial charge in [-0.1, -0.05) is 24.3 Å². The minimum absolute atomic E-state index is 0. The zero-order chi connectivity index (χ0) is 37.5. The molecule has 257 valence electrons. The van der Waals surface area contributed by atoms with Crippen molar-refractivity contribution in [3.63, 3.8) is 0 Å². The van der Waals surface area contributed by atoms with Gasteiger partial charge in [0.1, 0.15) is 22.8 Å². The van der Waals surface area contributed by atoms with E-state index in [0.717, 1.165) is 0 Å². The summed E-state index contributed by atoms with van der Waals surface area (Å²) < 4.78 is 0. The average molecular weight is 819 g/mol. The van der Waals surface area contributed by atoms with Gasteiger partial charge >= 0.3 is 40.8 Å². The summed E-state index contributed by atoms with van der Waals surface area (Å²) in [5, 5.41) is 44.2. The number of aromatic nitrogens is 4. The molecule has 0 fully saturated rings. The second-order valence-corrected chi connectivity index (χ2v) is 6.99. The third kappa shape index (κ3) is 37.5. The van der Waals surface area contributed by atoms with E-state index in [0.29, 0.717) is 22.8 Å². The molecule has 0 spiro atoms. The van der Waals surface area contributed by atoms with Crippen LogP contribution in [0.15, 0.2) is 97.6 Å². The molecule has 4 heterocycles. The molecular weight excluding hydrogens is 795 g/mol. The van der Waals surface area contributed by atoms with E-state index in [9.17, 15) is 19.2 Å². The Morgan fingerprint density at radius 2 is 0.551 bits per heavy atom. The molecule has 8 N–H and O–H groups in total. The number of hydrogen-bond donors (Lipinski definition) is 4. The van der Waals surface area contributed by atoms with E-state index in [1.165, 1.54) is 24.8 Å². The molecule has 0 atom stereocenters. The third-order valence-electron chi connectivity index (χ3n) is 3.67. The van der Waals surface area contributed by atoms with E-state index in [4.69, 9.17) is 68.9 Å². The zero-order valence-corrected chi connectivity index (χ0v) is 27.7. The number of amides is 4. The Morgan fingerprint density at radius 3 is 0.612 bits per heavy atom. The van der Waals surface area contributed by atoms with E-state index in [-0.39, 0.29) is 40.8 Å². The van der Waals surface area contributed by atoms with Crippen molar-refractivity contribution < 1.29 is 75.3 Å². The number of nitrogens with zero attached hydrogens (tertiary/aromatic N) is 7. The summed E-state index contributed by atoms with van der Waals surface area (Å²) >= 11 is 0. The van der Waals surface area contributed by atoms with Crippen LogP contribution < -0.4 is 22.9 Å². The van der Waals surface area contributed by atoms with Crippen molar-refractivity contribution in [3.05, 3.63) is 166 Å². The first kappa shape index (κ1) is 49.3. The van der Waals surface area contributed by atoms with Crippen molar-refractivity contribution in [1.29, 1.82) is 0 Å². The smallest absolute Gasteiger partial charge is 0.364 e. The third-order valence-corrected chi connectivity index (χ3v) is 3.67. The van der Waals surface area contributed by atoms with Gasteiger partial charge in [-0.3, -0.25) is 39.1 Å². The van der Waals surface area contributed by atoms with Crippen LogP contribution in [0.2, 0.25) is 0 Å². The monoisotopic (exact) mass is 816 g/mol. The fourth-order valence-electron chi connectivity index (χ4n) is 2.03. The summed E-state index contributed by atoms with van der Waals surface area (Å²) in [7, 11) is 0. The van der Waals surface area contributed by atoms with Crippen molar-refractivity contribution in [2.45, 2.75) is 0 Å². The molecule has 0 bridgehead atoms. The number of rotatable bonds is 4. The number of carbonyl (C=O) groups excluding carboxylic acids is 4. The summed E-state index contributed by atoms with van der Waals surface area (Å²) in [5.41, 5.74) is 20.9. The van der Waals surface area contributed by atoms with E-state index >= 15 is 0 Å². The van der Waals surface area contributed by atoms with Crippen LogP contribution in [0, 0.1) is 86.8 Å². The maximum Gasteiger partial charge on any atom is 3.00 e. The minimum Gasteiger partial charge on any atom is -0.364 e. The van der Waals surface area contributed by atoms with E-state index in [1.54, 1.807) is 72.8 Å². The minimum atomic E-state index is -1.75. The molecule has 4 amide bonds. The number of nitrogens with two attached hydrogens (primary N) is 4. The van der Waals surface area contributed by atoms with Gasteiger partial charge in [0.25, 0.3) is 23.6 Å². The van der Waals surface area contributed by atoms with Crippen LogP contribution in [-0.2, 0) is 0 Å². The Morgan fingerprint density at radius 1 is 0.408 bits per heavy atom. The molecule has 0 aliphatic rings. The quantitative estimate of drug-likeness (QED) is 0.155. The number of hydrogen-bond acceptors (Lipinski definition) is 17. The normalized spacial score (nSPS) is 8.00. The summed E-state index contributed by atoms with van der Waals surface area (Å²) in [4.78, 5) is 81.0. The first-order valence-corrected chi connectivity index (χ1v) is 11.7. The molecule has 49 heavy (non-hydrogen) atoms. The summed E-state index contributed by atoms with van der Waals surface area (Å²) in [6, 6.07) is 20.1. The topological polar surface area (TPSA) is 423 Å². The Balaban J connectivity index is -0.000000247. The SMILES string of the molecule is NC(=O)c1ccccn1.NC(=O)c1ccccn1.NC(=O)c1ccccn1.NC(=O)c1ccccn1.O=[N+]([O-])[O-].O=[N+]([O-])[O-].O=[N+]([O-])[O-].[Nd+3]. The molecule has 0 aliphatic heterocycles. The molecule has 4 aromatic rings. The summed E-state index contributed by atoms with van der Waals surface area (Å²) in [6.45, 7) is 0. The van der Waals surface area contributed by atoms with E-state index in [2.05, 4.69) is 19.9 Å². The van der Waals surface area contributed by atoms with Crippen LogP contribution in [0.3, 0.4) is 0 Å². The van der Waals surface area contributed by atoms with Crippen molar-refractivity contribution in [2.24, 2.45) is 22.9 Å². The van der Waals surface area contributed by atoms with Crippen molar-refractivity contribution in [1.82, 2.24) is 19.9 Å². The van der Waals surface area contributed by atoms with Gasteiger partial charge in [0.05, 0.1) is 15.3 Å². The molecule has 24 nitrogen and oxygen atoms in total. The molecule has 0 saturated heterocycles. The van der Waals surface area contributed by atoms with Crippen LogP contribution in [0.25, 0.3) is 0 Å². The maximum atomic E-state index is 10.4. The first-order chi connectivity index (χ1) is 22.4. The predicted molar refractivity (Wildman–Crippen MR) is 162 cm³/mol. The second-order valence-electron chi connectivity index (χ2n) is 6.99. The molecule has 0 aliphatic carbocycles. The van der Waals surface area contributed by atoms with E-state index < -0.39 is 38.9 Å². The molecule has 0 aromatic carbocycles. The fourth-order valence-corrected chi connectivity index (χ4v) is 2.03. The van der Waals surface area contributed by atoms with Crippen molar-refractivity contribution >= 4 is 23.6 Å². The van der Waals surface area contributed by atoms with Crippen LogP contribution in [-0.4, -0.2) is 58.8 Å². The van der Waals surface area contributed by atoms with Gasteiger partial charge in [0.2, 0.25) is 0 Å². The van der Waals surface area contributed by atoms with Gasteiger partial charge < -0.3 is 68.9 Å². The largest absolute Gasteiger partial charge is 3.00 e. The molecule has 4 aromatic heterocycles. The van der Waals surface area contributed by atoms with Crippen LogP contribution in [0.4, 0.5) is 0 Å². The van der Waals surface area contributed by atoms with Gasteiger partial charge in [-0.15, -0.1) is 0 Å². The first-order valence-electron chi connectivity index (χ1n) is 11.7. The molecule has 4 rings (SSSR count). The summed E-state index contributed by atoms with van der Waals surface area (Å²) in [6.07, 6.45) is 6.11. The Kier molecular flexibility index (Phi) is 31.6. The molecule has 0 unspecified atom stereocenters. The zero-order valence-electron chi connectivity index (χ0n) is 24.5.